The van der Waals surface area contributed by atoms with Gasteiger partial charge >= 0.3 is 0 Å². The van der Waals surface area contributed by atoms with Crippen LogP contribution in [0.1, 0.15) is 30.9 Å². The number of hydrogen-bond acceptors (Lipinski definition) is 1. The van der Waals surface area contributed by atoms with Crippen molar-refractivity contribution >= 4 is 0 Å². The van der Waals surface area contributed by atoms with Gasteiger partial charge in [0, 0.05) is 5.56 Å². The molecule has 0 aromatic heterocycles. The van der Waals surface area contributed by atoms with Gasteiger partial charge < -0.3 is 5.11 Å². The summed E-state index contributed by atoms with van der Waals surface area (Å²) in [5.74, 6) is -0.341. The Labute approximate surface area is 113 Å². The Kier molecular flexibility index (Phi) is 4.33. The van der Waals surface area contributed by atoms with Crippen molar-refractivity contribution in [1.82, 2.24) is 0 Å². The van der Waals surface area contributed by atoms with Crippen molar-refractivity contribution in [3.63, 3.8) is 0 Å². The molecule has 1 N–H and O–H groups in total. The van der Waals surface area contributed by atoms with Gasteiger partial charge in [0.25, 0.3) is 0 Å². The van der Waals surface area contributed by atoms with Gasteiger partial charge in [-0.05, 0) is 37.8 Å². The Bertz CT molecular complexity index is 520. The topological polar surface area (TPSA) is 20.2 Å². The fraction of sp³-hybridized carbons (Fsp3) is 0.294. The number of aliphatic hydroxyl groups is 1. The van der Waals surface area contributed by atoms with Crippen LogP contribution in [0.2, 0.25) is 0 Å². The van der Waals surface area contributed by atoms with Gasteiger partial charge in [-0.25, -0.2) is 4.39 Å². The Hall–Kier alpha value is -1.67. The first-order valence-corrected chi connectivity index (χ1v) is 6.61. The summed E-state index contributed by atoms with van der Waals surface area (Å²) in [7, 11) is 0. The molecule has 0 aliphatic carbocycles. The zero-order valence-electron chi connectivity index (χ0n) is 11.1. The summed E-state index contributed by atoms with van der Waals surface area (Å²) in [5, 5.41) is 10.4. The maximum Gasteiger partial charge on any atom is 0.129 e. The highest BCUT2D eigenvalue weighted by molar-refractivity contribution is 5.23. The van der Waals surface area contributed by atoms with E-state index in [1.165, 1.54) is 11.6 Å². The second kappa shape index (κ2) is 5.98. The monoisotopic (exact) mass is 258 g/mol. The third-order valence-electron chi connectivity index (χ3n) is 3.43. The SMILES string of the molecule is CC(O)(CCCc1ccccc1)c1ccccc1F. The molecule has 19 heavy (non-hydrogen) atoms. The second-order valence-electron chi connectivity index (χ2n) is 5.09. The van der Waals surface area contributed by atoms with E-state index in [0.29, 0.717) is 12.0 Å². The van der Waals surface area contributed by atoms with Crippen molar-refractivity contribution in [2.45, 2.75) is 31.8 Å². The lowest BCUT2D eigenvalue weighted by Crippen LogP contribution is -2.22. The third-order valence-corrected chi connectivity index (χ3v) is 3.43. The molecule has 1 atom stereocenters. The van der Waals surface area contributed by atoms with E-state index in [-0.39, 0.29) is 5.82 Å². The zero-order valence-corrected chi connectivity index (χ0v) is 11.1. The van der Waals surface area contributed by atoms with Crippen molar-refractivity contribution in [2.24, 2.45) is 0 Å². The number of halogens is 1. The quantitative estimate of drug-likeness (QED) is 0.857. The highest BCUT2D eigenvalue weighted by atomic mass is 19.1. The van der Waals surface area contributed by atoms with E-state index < -0.39 is 5.60 Å². The first kappa shape index (κ1) is 13.8. The normalized spacial score (nSPS) is 14.1. The largest absolute Gasteiger partial charge is 0.385 e. The summed E-state index contributed by atoms with van der Waals surface area (Å²) in [4.78, 5) is 0. The van der Waals surface area contributed by atoms with Gasteiger partial charge in [-0.2, -0.15) is 0 Å². The van der Waals surface area contributed by atoms with Gasteiger partial charge in [-0.3, -0.25) is 0 Å². The van der Waals surface area contributed by atoms with Crippen LogP contribution in [0.3, 0.4) is 0 Å². The molecule has 0 fully saturated rings. The number of hydrogen-bond donors (Lipinski definition) is 1. The summed E-state index contributed by atoms with van der Waals surface area (Å²) in [6.07, 6.45) is 2.26. The molecular formula is C17H19FO. The van der Waals surface area contributed by atoms with Crippen molar-refractivity contribution in [3.8, 4) is 0 Å². The van der Waals surface area contributed by atoms with Crippen molar-refractivity contribution in [3.05, 3.63) is 71.5 Å². The van der Waals surface area contributed by atoms with Crippen LogP contribution in [-0.2, 0) is 12.0 Å². The van der Waals surface area contributed by atoms with E-state index in [9.17, 15) is 9.50 Å². The van der Waals surface area contributed by atoms with Crippen LogP contribution in [0.4, 0.5) is 4.39 Å². The van der Waals surface area contributed by atoms with Gasteiger partial charge in [-0.15, -0.1) is 0 Å². The van der Waals surface area contributed by atoms with Crippen LogP contribution in [0.25, 0.3) is 0 Å². The number of aryl methyl sites for hydroxylation is 1. The highest BCUT2D eigenvalue weighted by Gasteiger charge is 2.25. The Balaban J connectivity index is 1.97. The molecule has 2 rings (SSSR count). The molecule has 0 spiro atoms. The lowest BCUT2D eigenvalue weighted by Gasteiger charge is -2.24. The van der Waals surface area contributed by atoms with Gasteiger partial charge in [0.1, 0.15) is 5.82 Å². The first-order chi connectivity index (χ1) is 9.09. The predicted molar refractivity (Wildman–Crippen MR) is 75.4 cm³/mol. The summed E-state index contributed by atoms with van der Waals surface area (Å²) in [6.45, 7) is 1.68. The van der Waals surface area contributed by atoms with Crippen LogP contribution < -0.4 is 0 Å². The third kappa shape index (κ3) is 3.65. The molecule has 2 aromatic carbocycles. The smallest absolute Gasteiger partial charge is 0.129 e. The van der Waals surface area contributed by atoms with Crippen molar-refractivity contribution in [2.75, 3.05) is 0 Å². The standard InChI is InChI=1S/C17H19FO/c1-17(19,15-11-5-6-12-16(15)18)13-7-10-14-8-3-2-4-9-14/h2-6,8-9,11-12,19H,7,10,13H2,1H3. The van der Waals surface area contributed by atoms with E-state index in [1.54, 1.807) is 25.1 Å². The van der Waals surface area contributed by atoms with Crippen molar-refractivity contribution < 1.29 is 9.50 Å². The maximum atomic E-state index is 13.7. The zero-order chi connectivity index (χ0) is 13.7. The van der Waals surface area contributed by atoms with E-state index in [1.807, 2.05) is 18.2 Å². The molecule has 0 aliphatic heterocycles. The van der Waals surface area contributed by atoms with Gasteiger partial charge in [-0.1, -0.05) is 48.5 Å². The molecule has 0 aliphatic rings. The van der Waals surface area contributed by atoms with Gasteiger partial charge in [0.2, 0.25) is 0 Å². The van der Waals surface area contributed by atoms with E-state index >= 15 is 0 Å². The lowest BCUT2D eigenvalue weighted by atomic mass is 9.89. The molecule has 0 saturated heterocycles. The fourth-order valence-corrected chi connectivity index (χ4v) is 2.31. The van der Waals surface area contributed by atoms with Crippen LogP contribution in [0, 0.1) is 5.82 Å². The summed E-state index contributed by atoms with van der Waals surface area (Å²) < 4.78 is 13.7. The van der Waals surface area contributed by atoms with Gasteiger partial charge in [0.05, 0.1) is 5.60 Å². The Morgan fingerprint density at radius 2 is 1.63 bits per heavy atom. The summed E-state index contributed by atoms with van der Waals surface area (Å²) in [5.41, 5.74) is 0.509. The molecule has 0 heterocycles. The molecule has 0 saturated carbocycles. The number of benzene rings is 2. The maximum absolute atomic E-state index is 13.7. The molecule has 1 nitrogen and oxygen atoms in total. The van der Waals surface area contributed by atoms with E-state index in [4.69, 9.17) is 0 Å². The minimum Gasteiger partial charge on any atom is -0.385 e. The van der Waals surface area contributed by atoms with Crippen molar-refractivity contribution in [1.29, 1.82) is 0 Å². The molecular weight excluding hydrogens is 239 g/mol. The molecule has 2 aromatic rings. The first-order valence-electron chi connectivity index (χ1n) is 6.61. The lowest BCUT2D eigenvalue weighted by molar-refractivity contribution is 0.0420. The van der Waals surface area contributed by atoms with Crippen LogP contribution in [-0.4, -0.2) is 5.11 Å². The van der Waals surface area contributed by atoms with Crippen LogP contribution in [0.15, 0.2) is 54.6 Å². The van der Waals surface area contributed by atoms with E-state index in [0.717, 1.165) is 12.8 Å². The molecule has 0 amide bonds. The van der Waals surface area contributed by atoms with E-state index in [2.05, 4.69) is 12.1 Å². The van der Waals surface area contributed by atoms with Crippen LogP contribution >= 0.6 is 0 Å². The molecule has 0 radical (unpaired) electrons. The minimum atomic E-state index is -1.11. The molecule has 1 unspecified atom stereocenters. The molecule has 0 bridgehead atoms. The van der Waals surface area contributed by atoms with Gasteiger partial charge in [0.15, 0.2) is 0 Å². The van der Waals surface area contributed by atoms with Crippen LogP contribution in [0.5, 0.6) is 0 Å². The number of rotatable bonds is 5. The predicted octanol–water partition coefficient (Wildman–Crippen LogP) is 4.06. The molecule has 2 heteroatoms. The fourth-order valence-electron chi connectivity index (χ4n) is 2.31. The second-order valence-corrected chi connectivity index (χ2v) is 5.09. The minimum absolute atomic E-state index is 0.341. The average Bonchev–Trinajstić information content (AvgIpc) is 2.40. The molecule has 100 valence electrons. The Morgan fingerprint density at radius 3 is 2.32 bits per heavy atom. The highest BCUT2D eigenvalue weighted by Crippen LogP contribution is 2.28. The Morgan fingerprint density at radius 1 is 1.00 bits per heavy atom. The summed E-state index contributed by atoms with van der Waals surface area (Å²) in [6, 6.07) is 16.6. The summed E-state index contributed by atoms with van der Waals surface area (Å²) >= 11 is 0. The average molecular weight is 258 g/mol.